The number of hydrogen-bond acceptors (Lipinski definition) is 6. The molecule has 1 aliphatic carbocycles. The number of halogens is 1. The molecule has 30 heavy (non-hydrogen) atoms. The first-order valence-electron chi connectivity index (χ1n) is 9.78. The first-order valence-corrected chi connectivity index (χ1v) is 11.0. The minimum absolute atomic E-state index is 0.0263. The van der Waals surface area contributed by atoms with E-state index in [-0.39, 0.29) is 12.3 Å². The topological polar surface area (TPSA) is 81.2 Å². The standard InChI is InChI=1S/C22H22ClN3O3S/c1-11-18-12(2)24-20(14-4-5-14)26-22(18)30-19(11)21(28)25-16(10-17(27)29-3)13-6-8-15(23)9-7-13/h6-9,14,16H,4-5,10H2,1-3H3,(H,25,28). The normalized spacial score (nSPS) is 14.5. The Bertz CT molecular complexity index is 1120. The largest absolute Gasteiger partial charge is 0.469 e. The van der Waals surface area contributed by atoms with Crippen molar-refractivity contribution in [1.29, 1.82) is 0 Å². The Morgan fingerprint density at radius 1 is 1.23 bits per heavy atom. The number of thiophene rings is 1. The second-order valence-electron chi connectivity index (χ2n) is 7.54. The zero-order valence-electron chi connectivity index (χ0n) is 17.0. The van der Waals surface area contributed by atoms with Crippen molar-refractivity contribution < 1.29 is 14.3 Å². The second-order valence-corrected chi connectivity index (χ2v) is 8.97. The van der Waals surface area contributed by atoms with Gasteiger partial charge in [0.25, 0.3) is 5.91 Å². The van der Waals surface area contributed by atoms with Crippen LogP contribution >= 0.6 is 22.9 Å². The maximum absolute atomic E-state index is 13.2. The number of esters is 1. The van der Waals surface area contributed by atoms with E-state index in [1.165, 1.54) is 18.4 Å². The van der Waals surface area contributed by atoms with Gasteiger partial charge >= 0.3 is 5.97 Å². The molecule has 4 rings (SSSR count). The molecule has 1 amide bonds. The maximum atomic E-state index is 13.2. The first kappa shape index (κ1) is 20.8. The fraction of sp³-hybridized carbons (Fsp3) is 0.364. The summed E-state index contributed by atoms with van der Waals surface area (Å²) in [7, 11) is 1.33. The van der Waals surface area contributed by atoms with Crippen LogP contribution in [0.2, 0.25) is 5.02 Å². The summed E-state index contributed by atoms with van der Waals surface area (Å²) < 4.78 is 4.81. The average Bonchev–Trinajstić information content (AvgIpc) is 3.51. The number of ether oxygens (including phenoxy) is 1. The lowest BCUT2D eigenvalue weighted by molar-refractivity contribution is -0.141. The molecule has 3 aromatic rings. The van der Waals surface area contributed by atoms with Crippen LogP contribution in [0, 0.1) is 13.8 Å². The third-order valence-electron chi connectivity index (χ3n) is 5.31. The first-order chi connectivity index (χ1) is 14.4. The molecule has 8 heteroatoms. The molecule has 0 aliphatic heterocycles. The van der Waals surface area contributed by atoms with Gasteiger partial charge in [0.1, 0.15) is 10.7 Å². The van der Waals surface area contributed by atoms with Crippen LogP contribution in [0.5, 0.6) is 0 Å². The fourth-order valence-corrected chi connectivity index (χ4v) is 4.79. The van der Waals surface area contributed by atoms with Crippen LogP contribution in [-0.4, -0.2) is 29.0 Å². The molecule has 1 atom stereocenters. The van der Waals surface area contributed by atoms with E-state index < -0.39 is 12.0 Å². The molecular formula is C22H22ClN3O3S. The Balaban J connectivity index is 1.65. The van der Waals surface area contributed by atoms with E-state index in [1.54, 1.807) is 24.3 Å². The lowest BCUT2D eigenvalue weighted by Gasteiger charge is -2.18. The van der Waals surface area contributed by atoms with Crippen molar-refractivity contribution in [2.45, 2.75) is 45.1 Å². The molecule has 2 aromatic heterocycles. The van der Waals surface area contributed by atoms with Crippen molar-refractivity contribution in [3.8, 4) is 0 Å². The molecular weight excluding hydrogens is 422 g/mol. The predicted molar refractivity (Wildman–Crippen MR) is 117 cm³/mol. The van der Waals surface area contributed by atoms with Crippen LogP contribution in [0.4, 0.5) is 0 Å². The second kappa shape index (κ2) is 8.32. The number of fused-ring (bicyclic) bond motifs is 1. The van der Waals surface area contributed by atoms with Crippen LogP contribution in [0.3, 0.4) is 0 Å². The molecule has 156 valence electrons. The number of carbonyl (C=O) groups excluding carboxylic acids is 2. The summed E-state index contributed by atoms with van der Waals surface area (Å²) in [5.41, 5.74) is 2.54. The van der Waals surface area contributed by atoms with Gasteiger partial charge in [-0.1, -0.05) is 23.7 Å². The highest BCUT2D eigenvalue weighted by molar-refractivity contribution is 7.20. The number of benzene rings is 1. The summed E-state index contributed by atoms with van der Waals surface area (Å²) in [4.78, 5) is 35.9. The Hall–Kier alpha value is -2.51. The molecule has 1 N–H and O–H groups in total. The number of rotatable bonds is 6. The van der Waals surface area contributed by atoms with Gasteiger partial charge in [0, 0.05) is 16.3 Å². The van der Waals surface area contributed by atoms with Crippen molar-refractivity contribution in [1.82, 2.24) is 15.3 Å². The van der Waals surface area contributed by atoms with Crippen molar-refractivity contribution in [2.24, 2.45) is 0 Å². The average molecular weight is 444 g/mol. The van der Waals surface area contributed by atoms with Crippen LogP contribution in [0.1, 0.15) is 63.5 Å². The molecule has 6 nitrogen and oxygen atoms in total. The van der Waals surface area contributed by atoms with Crippen LogP contribution < -0.4 is 5.32 Å². The Labute approximate surface area is 183 Å². The number of hydrogen-bond donors (Lipinski definition) is 1. The molecule has 1 aliphatic rings. The van der Waals surface area contributed by atoms with E-state index in [9.17, 15) is 9.59 Å². The van der Waals surface area contributed by atoms with E-state index in [0.29, 0.717) is 15.8 Å². The fourth-order valence-electron chi connectivity index (χ4n) is 3.52. The molecule has 0 spiro atoms. The lowest BCUT2D eigenvalue weighted by atomic mass is 10.0. The summed E-state index contributed by atoms with van der Waals surface area (Å²) in [6.07, 6.45) is 2.27. The Kier molecular flexibility index (Phi) is 5.75. The van der Waals surface area contributed by atoms with Crippen molar-refractivity contribution in [3.63, 3.8) is 0 Å². The molecule has 1 fully saturated rings. The SMILES string of the molecule is COC(=O)CC(NC(=O)c1sc2nc(C3CC3)nc(C)c2c1C)c1ccc(Cl)cc1. The van der Waals surface area contributed by atoms with Gasteiger partial charge in [-0.2, -0.15) is 0 Å². The molecule has 0 bridgehead atoms. The lowest BCUT2D eigenvalue weighted by Crippen LogP contribution is -2.30. The van der Waals surface area contributed by atoms with Crippen LogP contribution in [0.25, 0.3) is 10.2 Å². The summed E-state index contributed by atoms with van der Waals surface area (Å²) in [5.74, 6) is 0.672. The molecule has 1 aromatic carbocycles. The number of amides is 1. The van der Waals surface area contributed by atoms with E-state index >= 15 is 0 Å². The number of nitrogens with zero attached hydrogens (tertiary/aromatic N) is 2. The molecule has 0 saturated heterocycles. The van der Waals surface area contributed by atoms with Crippen LogP contribution in [0.15, 0.2) is 24.3 Å². The minimum atomic E-state index is -0.527. The molecule has 2 heterocycles. The third kappa shape index (κ3) is 4.18. The monoisotopic (exact) mass is 443 g/mol. The van der Waals surface area contributed by atoms with Gasteiger partial charge in [0.2, 0.25) is 0 Å². The highest BCUT2D eigenvalue weighted by Crippen LogP contribution is 2.40. The van der Waals surface area contributed by atoms with Gasteiger partial charge in [0.15, 0.2) is 0 Å². The molecule has 0 radical (unpaired) electrons. The van der Waals surface area contributed by atoms with Crippen molar-refractivity contribution in [2.75, 3.05) is 7.11 Å². The quantitative estimate of drug-likeness (QED) is 0.549. The van der Waals surface area contributed by atoms with E-state index in [0.717, 1.165) is 45.7 Å². The number of aromatic nitrogens is 2. The summed E-state index contributed by atoms with van der Waals surface area (Å²) in [5, 5.41) is 4.51. The van der Waals surface area contributed by atoms with Gasteiger partial charge in [0.05, 0.1) is 30.1 Å². The van der Waals surface area contributed by atoms with Gasteiger partial charge in [-0.25, -0.2) is 9.97 Å². The zero-order valence-corrected chi connectivity index (χ0v) is 18.6. The van der Waals surface area contributed by atoms with E-state index in [2.05, 4.69) is 10.3 Å². The van der Waals surface area contributed by atoms with E-state index in [4.69, 9.17) is 21.3 Å². The van der Waals surface area contributed by atoms with Crippen molar-refractivity contribution >= 4 is 45.0 Å². The maximum Gasteiger partial charge on any atom is 0.307 e. The van der Waals surface area contributed by atoms with Crippen molar-refractivity contribution in [3.05, 3.63) is 56.8 Å². The van der Waals surface area contributed by atoms with Crippen LogP contribution in [-0.2, 0) is 9.53 Å². The molecule has 1 saturated carbocycles. The van der Waals surface area contributed by atoms with Gasteiger partial charge in [-0.05, 0) is 49.9 Å². The van der Waals surface area contributed by atoms with Gasteiger partial charge in [-0.15, -0.1) is 11.3 Å². The Morgan fingerprint density at radius 3 is 2.57 bits per heavy atom. The number of carbonyl (C=O) groups is 2. The summed E-state index contributed by atoms with van der Waals surface area (Å²) in [6, 6.07) is 6.53. The predicted octanol–water partition coefficient (Wildman–Crippen LogP) is 4.87. The number of aryl methyl sites for hydroxylation is 2. The summed E-state index contributed by atoms with van der Waals surface area (Å²) >= 11 is 7.35. The smallest absolute Gasteiger partial charge is 0.307 e. The highest BCUT2D eigenvalue weighted by Gasteiger charge is 2.29. The van der Waals surface area contributed by atoms with E-state index in [1.807, 2.05) is 13.8 Å². The summed E-state index contributed by atoms with van der Waals surface area (Å²) in [6.45, 7) is 3.88. The van der Waals surface area contributed by atoms with Gasteiger partial charge in [-0.3, -0.25) is 9.59 Å². The number of methoxy groups -OCH3 is 1. The Morgan fingerprint density at radius 2 is 1.93 bits per heavy atom. The highest BCUT2D eigenvalue weighted by atomic mass is 35.5. The number of nitrogens with one attached hydrogen (secondary N) is 1. The zero-order chi connectivity index (χ0) is 21.4. The third-order valence-corrected chi connectivity index (χ3v) is 6.75. The van der Waals surface area contributed by atoms with Gasteiger partial charge < -0.3 is 10.1 Å². The minimum Gasteiger partial charge on any atom is -0.469 e. The molecule has 1 unspecified atom stereocenters.